The van der Waals surface area contributed by atoms with E-state index in [0.29, 0.717) is 36.0 Å². The average molecular weight is 448 g/mol. The van der Waals surface area contributed by atoms with Crippen molar-refractivity contribution in [3.05, 3.63) is 18.2 Å². The maximum atomic E-state index is 13.3. The number of nitrogens with one attached hydrogen (secondary N) is 1. The van der Waals surface area contributed by atoms with Crippen molar-refractivity contribution in [3.8, 4) is 0 Å². The summed E-state index contributed by atoms with van der Waals surface area (Å²) < 4.78 is 27.9. The predicted octanol–water partition coefficient (Wildman–Crippen LogP) is 4.48. The highest BCUT2D eigenvalue weighted by Gasteiger charge is 2.54. The molecule has 2 aromatic rings. The second kappa shape index (κ2) is 7.28. The lowest BCUT2D eigenvalue weighted by Gasteiger charge is -2.55. The van der Waals surface area contributed by atoms with E-state index < -0.39 is 10.0 Å². The molecule has 0 saturated heterocycles. The lowest BCUT2D eigenvalue weighted by atomic mass is 9.49. The Labute approximate surface area is 182 Å². The van der Waals surface area contributed by atoms with Crippen LogP contribution in [0.2, 0.25) is 0 Å². The molecule has 4 aliphatic rings. The Morgan fingerprint density at radius 2 is 1.73 bits per heavy atom. The Balaban J connectivity index is 1.39. The molecule has 0 radical (unpaired) electrons. The number of carbonyl (C=O) groups excluding carboxylic acids is 1. The van der Waals surface area contributed by atoms with E-state index in [4.69, 9.17) is 0 Å². The van der Waals surface area contributed by atoms with E-state index in [1.54, 1.807) is 18.2 Å². The fourth-order valence-electron chi connectivity index (χ4n) is 6.45. The van der Waals surface area contributed by atoms with E-state index in [9.17, 15) is 13.2 Å². The summed E-state index contributed by atoms with van der Waals surface area (Å²) >= 11 is 1.36. The number of fused-ring (bicyclic) bond motifs is 1. The molecule has 4 bridgehead atoms. The molecule has 0 spiro atoms. The Morgan fingerprint density at radius 3 is 2.30 bits per heavy atom. The second-order valence-corrected chi connectivity index (χ2v) is 12.4. The first-order valence-corrected chi connectivity index (χ1v) is 13.3. The van der Waals surface area contributed by atoms with E-state index in [1.165, 1.54) is 34.9 Å². The number of rotatable bonds is 6. The zero-order valence-electron chi connectivity index (χ0n) is 17.6. The maximum absolute atomic E-state index is 13.3. The molecule has 1 amide bonds. The van der Waals surface area contributed by atoms with Crippen molar-refractivity contribution in [2.45, 2.75) is 57.3 Å². The summed E-state index contributed by atoms with van der Waals surface area (Å²) in [7, 11) is -3.51. The van der Waals surface area contributed by atoms with E-state index in [0.717, 1.165) is 29.5 Å². The van der Waals surface area contributed by atoms with Crippen LogP contribution in [0.1, 0.15) is 52.4 Å². The monoisotopic (exact) mass is 447 g/mol. The van der Waals surface area contributed by atoms with Crippen molar-refractivity contribution in [2.75, 3.05) is 18.4 Å². The van der Waals surface area contributed by atoms with Crippen LogP contribution in [-0.2, 0) is 14.8 Å². The van der Waals surface area contributed by atoms with Gasteiger partial charge < -0.3 is 5.32 Å². The SMILES string of the molecule is CCN(CC)S(=O)(=O)c1ccc2nc(NC(=O)C34CC5CC(CC(C5)C3)C4)sc2c1. The smallest absolute Gasteiger partial charge is 0.243 e. The molecule has 1 aromatic carbocycles. The number of thiazole rings is 1. The van der Waals surface area contributed by atoms with Crippen LogP contribution in [0.3, 0.4) is 0 Å². The van der Waals surface area contributed by atoms with Gasteiger partial charge in [0.25, 0.3) is 0 Å². The predicted molar refractivity (Wildman–Crippen MR) is 119 cm³/mol. The van der Waals surface area contributed by atoms with Gasteiger partial charge in [0, 0.05) is 13.1 Å². The molecule has 0 unspecified atom stereocenters. The molecule has 4 fully saturated rings. The Bertz CT molecular complexity index is 1050. The summed E-state index contributed by atoms with van der Waals surface area (Å²) in [6.07, 6.45) is 6.96. The van der Waals surface area contributed by atoms with Crippen LogP contribution >= 0.6 is 11.3 Å². The van der Waals surface area contributed by atoms with E-state index in [-0.39, 0.29) is 16.2 Å². The van der Waals surface area contributed by atoms with Crippen LogP contribution in [0, 0.1) is 23.2 Å². The molecule has 4 saturated carbocycles. The first kappa shape index (κ1) is 20.4. The quantitative estimate of drug-likeness (QED) is 0.708. The van der Waals surface area contributed by atoms with Gasteiger partial charge in [-0.25, -0.2) is 13.4 Å². The fourth-order valence-corrected chi connectivity index (χ4v) is 8.91. The van der Waals surface area contributed by atoms with Crippen LogP contribution in [0.5, 0.6) is 0 Å². The van der Waals surface area contributed by atoms with E-state index >= 15 is 0 Å². The van der Waals surface area contributed by atoms with Gasteiger partial charge >= 0.3 is 0 Å². The third-order valence-electron chi connectivity index (χ3n) is 7.44. The summed E-state index contributed by atoms with van der Waals surface area (Å²) in [4.78, 5) is 18.1. The fraction of sp³-hybridized carbons (Fsp3) is 0.636. The number of hydrogen-bond acceptors (Lipinski definition) is 5. The summed E-state index contributed by atoms with van der Waals surface area (Å²) in [6, 6.07) is 5.03. The molecule has 4 aliphatic carbocycles. The maximum Gasteiger partial charge on any atom is 0.243 e. The van der Waals surface area contributed by atoms with Gasteiger partial charge in [-0.3, -0.25) is 4.79 Å². The van der Waals surface area contributed by atoms with Gasteiger partial charge in [-0.15, -0.1) is 0 Å². The molecule has 30 heavy (non-hydrogen) atoms. The standard InChI is InChI=1S/C22H29N3O3S2/c1-3-25(4-2)30(27,28)17-5-6-18-19(10-17)29-21(23-18)24-20(26)22-11-14-7-15(12-22)9-16(8-14)13-22/h5-6,10,14-16H,3-4,7-9,11-13H2,1-2H3,(H,23,24,26). The van der Waals surface area contributed by atoms with E-state index in [1.807, 2.05) is 13.8 Å². The van der Waals surface area contributed by atoms with Gasteiger partial charge in [-0.2, -0.15) is 4.31 Å². The highest BCUT2D eigenvalue weighted by Crippen LogP contribution is 2.60. The van der Waals surface area contributed by atoms with Crippen LogP contribution in [0.15, 0.2) is 23.1 Å². The summed E-state index contributed by atoms with van der Waals surface area (Å²) in [6.45, 7) is 4.55. The Kier molecular flexibility index (Phi) is 4.95. The molecule has 1 heterocycles. The van der Waals surface area contributed by atoms with Crippen LogP contribution in [0.25, 0.3) is 10.2 Å². The third-order valence-corrected chi connectivity index (χ3v) is 10.4. The number of benzene rings is 1. The first-order chi connectivity index (χ1) is 14.3. The summed E-state index contributed by atoms with van der Waals surface area (Å²) in [5, 5.41) is 3.67. The van der Waals surface area contributed by atoms with E-state index in [2.05, 4.69) is 10.3 Å². The zero-order chi connectivity index (χ0) is 21.1. The molecule has 0 atom stereocenters. The average Bonchev–Trinajstić information content (AvgIpc) is 3.09. The lowest BCUT2D eigenvalue weighted by Crippen LogP contribution is -2.51. The minimum absolute atomic E-state index is 0.122. The van der Waals surface area contributed by atoms with Crippen molar-refractivity contribution < 1.29 is 13.2 Å². The lowest BCUT2D eigenvalue weighted by molar-refractivity contribution is -0.140. The topological polar surface area (TPSA) is 79.4 Å². The van der Waals surface area contributed by atoms with Gasteiger partial charge in [-0.05, 0) is 74.5 Å². The molecular weight excluding hydrogens is 418 g/mol. The molecule has 162 valence electrons. The number of nitrogens with zero attached hydrogens (tertiary/aromatic N) is 2. The van der Waals surface area contributed by atoms with Crippen LogP contribution < -0.4 is 5.32 Å². The van der Waals surface area contributed by atoms with Gasteiger partial charge in [0.1, 0.15) is 0 Å². The van der Waals surface area contributed by atoms with Crippen molar-refractivity contribution in [2.24, 2.45) is 23.2 Å². The van der Waals surface area contributed by atoms with Crippen molar-refractivity contribution in [1.29, 1.82) is 0 Å². The van der Waals surface area contributed by atoms with Crippen LogP contribution in [0.4, 0.5) is 5.13 Å². The third kappa shape index (κ3) is 3.28. The number of aromatic nitrogens is 1. The molecule has 6 nitrogen and oxygen atoms in total. The highest BCUT2D eigenvalue weighted by molar-refractivity contribution is 7.89. The minimum atomic E-state index is -3.51. The molecule has 8 heteroatoms. The molecule has 1 aromatic heterocycles. The number of anilines is 1. The second-order valence-electron chi connectivity index (χ2n) is 9.39. The normalized spacial score (nSPS) is 30.3. The number of carbonyl (C=O) groups is 1. The van der Waals surface area contributed by atoms with Crippen molar-refractivity contribution >= 4 is 42.6 Å². The Morgan fingerprint density at radius 1 is 1.13 bits per heavy atom. The number of amides is 1. The largest absolute Gasteiger partial charge is 0.301 e. The van der Waals surface area contributed by atoms with Gasteiger partial charge in [0.2, 0.25) is 15.9 Å². The molecule has 6 rings (SSSR count). The first-order valence-electron chi connectivity index (χ1n) is 11.0. The Hall–Kier alpha value is -1.51. The zero-order valence-corrected chi connectivity index (χ0v) is 19.2. The minimum Gasteiger partial charge on any atom is -0.301 e. The highest BCUT2D eigenvalue weighted by atomic mass is 32.2. The summed E-state index contributed by atoms with van der Waals surface area (Å²) in [5.74, 6) is 2.26. The van der Waals surface area contributed by atoms with Crippen molar-refractivity contribution in [3.63, 3.8) is 0 Å². The van der Waals surface area contributed by atoms with Crippen molar-refractivity contribution in [1.82, 2.24) is 9.29 Å². The molecule has 0 aliphatic heterocycles. The number of sulfonamides is 1. The molecule has 1 N–H and O–H groups in total. The molecular formula is C22H29N3O3S2. The summed E-state index contributed by atoms with van der Waals surface area (Å²) in [5.41, 5.74) is 0.503. The van der Waals surface area contributed by atoms with Gasteiger partial charge in [-0.1, -0.05) is 25.2 Å². The van der Waals surface area contributed by atoms with Crippen LogP contribution in [-0.4, -0.2) is 36.7 Å². The number of hydrogen-bond donors (Lipinski definition) is 1. The van der Waals surface area contributed by atoms with Gasteiger partial charge in [0.05, 0.1) is 20.5 Å². The van der Waals surface area contributed by atoms with Gasteiger partial charge in [0.15, 0.2) is 5.13 Å².